The van der Waals surface area contributed by atoms with Crippen molar-refractivity contribution in [2.75, 3.05) is 13.1 Å². The molecule has 1 aliphatic carbocycles. The maximum absolute atomic E-state index is 11.5. The molecule has 3 amide bonds. The minimum atomic E-state index is -0.797. The van der Waals surface area contributed by atoms with Crippen molar-refractivity contribution in [3.63, 3.8) is 0 Å². The van der Waals surface area contributed by atoms with Crippen LogP contribution in [0.3, 0.4) is 0 Å². The predicted molar refractivity (Wildman–Crippen MR) is 63.3 cm³/mol. The van der Waals surface area contributed by atoms with Gasteiger partial charge in [-0.3, -0.25) is 15.0 Å². The Morgan fingerprint density at radius 1 is 1.35 bits per heavy atom. The highest BCUT2D eigenvalue weighted by molar-refractivity contribution is 5.96. The largest absolute Gasteiger partial charge is 0.351 e. The van der Waals surface area contributed by atoms with E-state index < -0.39 is 6.03 Å². The van der Waals surface area contributed by atoms with Crippen LogP contribution in [0.25, 0.3) is 0 Å². The number of primary amides is 1. The Kier molecular flexibility index (Phi) is 3.63. The number of rotatable bonds is 4. The Balaban J connectivity index is 1.73. The molecular weight excluding hydrogens is 220 g/mol. The van der Waals surface area contributed by atoms with Crippen LogP contribution in [0, 0.1) is 0 Å². The lowest BCUT2D eigenvalue weighted by atomic mass is 10.2. The molecular formula is C11H20N4O2. The van der Waals surface area contributed by atoms with Crippen LogP contribution in [0.15, 0.2) is 0 Å². The molecule has 2 atom stereocenters. The molecule has 0 aromatic rings. The molecule has 1 heterocycles. The molecule has 0 aromatic heterocycles. The quantitative estimate of drug-likeness (QED) is 0.612. The van der Waals surface area contributed by atoms with Gasteiger partial charge in [-0.1, -0.05) is 0 Å². The number of likely N-dealkylation sites (tertiary alicyclic amines) is 1. The minimum Gasteiger partial charge on any atom is -0.351 e. The van der Waals surface area contributed by atoms with Gasteiger partial charge in [-0.15, -0.1) is 0 Å². The van der Waals surface area contributed by atoms with Gasteiger partial charge >= 0.3 is 6.03 Å². The first-order valence-corrected chi connectivity index (χ1v) is 6.16. The standard InChI is InChI=1S/C11H20N4O2/c1-7(10(16)14-11(12)17)13-8-4-5-15(6-8)9-2-3-9/h7-9,13H,2-6H2,1H3,(H3,12,14,16,17). The summed E-state index contributed by atoms with van der Waals surface area (Å²) in [5, 5.41) is 5.32. The van der Waals surface area contributed by atoms with Gasteiger partial charge in [0.1, 0.15) is 0 Å². The van der Waals surface area contributed by atoms with E-state index in [1.807, 2.05) is 0 Å². The predicted octanol–water partition coefficient (Wildman–Crippen LogP) is -0.604. The molecule has 2 unspecified atom stereocenters. The topological polar surface area (TPSA) is 87.5 Å². The fourth-order valence-electron chi connectivity index (χ4n) is 2.35. The van der Waals surface area contributed by atoms with Crippen LogP contribution < -0.4 is 16.4 Å². The highest BCUT2D eigenvalue weighted by Crippen LogP contribution is 2.29. The summed E-state index contributed by atoms with van der Waals surface area (Å²) >= 11 is 0. The van der Waals surface area contributed by atoms with Crippen LogP contribution in [-0.4, -0.2) is 48.1 Å². The summed E-state index contributed by atoms with van der Waals surface area (Å²) in [6, 6.07) is -0.0675. The zero-order chi connectivity index (χ0) is 12.4. The molecule has 6 nitrogen and oxygen atoms in total. The molecule has 0 spiro atoms. The third-order valence-corrected chi connectivity index (χ3v) is 3.41. The Morgan fingerprint density at radius 3 is 2.65 bits per heavy atom. The van der Waals surface area contributed by atoms with Crippen molar-refractivity contribution in [2.24, 2.45) is 5.73 Å². The first-order valence-electron chi connectivity index (χ1n) is 6.16. The Hall–Kier alpha value is -1.14. The average Bonchev–Trinajstić information content (AvgIpc) is 2.99. The SMILES string of the molecule is CC(NC1CCN(C2CC2)C1)C(=O)NC(N)=O. The number of urea groups is 1. The van der Waals surface area contributed by atoms with Gasteiger partial charge in [0, 0.05) is 25.2 Å². The van der Waals surface area contributed by atoms with Gasteiger partial charge in [0.15, 0.2) is 0 Å². The van der Waals surface area contributed by atoms with Gasteiger partial charge in [0.25, 0.3) is 0 Å². The Bertz CT molecular complexity index is 317. The number of hydrogen-bond donors (Lipinski definition) is 3. The molecule has 0 aromatic carbocycles. The summed E-state index contributed by atoms with van der Waals surface area (Å²) in [5.41, 5.74) is 4.90. The minimum absolute atomic E-state index is 0.337. The maximum atomic E-state index is 11.5. The molecule has 6 heteroatoms. The van der Waals surface area contributed by atoms with Gasteiger partial charge in [0.05, 0.1) is 6.04 Å². The van der Waals surface area contributed by atoms with Crippen molar-refractivity contribution >= 4 is 11.9 Å². The summed E-state index contributed by atoms with van der Waals surface area (Å²) in [7, 11) is 0. The van der Waals surface area contributed by atoms with Gasteiger partial charge < -0.3 is 11.1 Å². The molecule has 96 valence electrons. The third kappa shape index (κ3) is 3.41. The van der Waals surface area contributed by atoms with E-state index in [2.05, 4.69) is 15.5 Å². The summed E-state index contributed by atoms with van der Waals surface area (Å²) in [6.07, 6.45) is 3.68. The number of nitrogens with two attached hydrogens (primary N) is 1. The lowest BCUT2D eigenvalue weighted by Gasteiger charge is -2.19. The lowest BCUT2D eigenvalue weighted by Crippen LogP contribution is -2.50. The van der Waals surface area contributed by atoms with Crippen molar-refractivity contribution in [3.8, 4) is 0 Å². The van der Waals surface area contributed by atoms with Crippen LogP contribution in [-0.2, 0) is 4.79 Å². The number of imide groups is 1. The molecule has 0 bridgehead atoms. The summed E-state index contributed by atoms with van der Waals surface area (Å²) < 4.78 is 0. The number of nitrogens with one attached hydrogen (secondary N) is 2. The average molecular weight is 240 g/mol. The summed E-state index contributed by atoms with van der Waals surface area (Å²) in [4.78, 5) is 24.5. The van der Waals surface area contributed by atoms with Gasteiger partial charge in [-0.05, 0) is 26.2 Å². The highest BCUT2D eigenvalue weighted by atomic mass is 16.2. The molecule has 2 fully saturated rings. The third-order valence-electron chi connectivity index (χ3n) is 3.41. The fraction of sp³-hybridized carbons (Fsp3) is 0.818. The smallest absolute Gasteiger partial charge is 0.318 e. The molecule has 1 saturated carbocycles. The van der Waals surface area contributed by atoms with E-state index in [0.29, 0.717) is 6.04 Å². The molecule has 17 heavy (non-hydrogen) atoms. The van der Waals surface area contributed by atoms with Crippen molar-refractivity contribution < 1.29 is 9.59 Å². The van der Waals surface area contributed by atoms with Crippen LogP contribution in [0.1, 0.15) is 26.2 Å². The molecule has 1 aliphatic heterocycles. The van der Waals surface area contributed by atoms with Crippen molar-refractivity contribution in [2.45, 2.75) is 44.3 Å². The second-order valence-electron chi connectivity index (χ2n) is 4.95. The molecule has 1 saturated heterocycles. The summed E-state index contributed by atoms with van der Waals surface area (Å²) in [5.74, 6) is -0.359. The maximum Gasteiger partial charge on any atom is 0.318 e. The first-order chi connectivity index (χ1) is 8.06. The second-order valence-corrected chi connectivity index (χ2v) is 4.95. The van der Waals surface area contributed by atoms with Gasteiger partial charge in [-0.25, -0.2) is 4.79 Å². The zero-order valence-corrected chi connectivity index (χ0v) is 10.1. The Morgan fingerprint density at radius 2 is 2.06 bits per heavy atom. The van der Waals surface area contributed by atoms with Crippen molar-refractivity contribution in [1.82, 2.24) is 15.5 Å². The molecule has 2 rings (SSSR count). The fourth-order valence-corrected chi connectivity index (χ4v) is 2.35. The van der Waals surface area contributed by atoms with Gasteiger partial charge in [-0.2, -0.15) is 0 Å². The van der Waals surface area contributed by atoms with Gasteiger partial charge in [0.2, 0.25) is 5.91 Å². The van der Waals surface area contributed by atoms with Crippen LogP contribution in [0.4, 0.5) is 4.79 Å². The Labute approximate surface area is 101 Å². The van der Waals surface area contributed by atoms with E-state index in [1.54, 1.807) is 6.92 Å². The molecule has 4 N–H and O–H groups in total. The van der Waals surface area contributed by atoms with Crippen LogP contribution in [0.5, 0.6) is 0 Å². The monoisotopic (exact) mass is 240 g/mol. The number of amides is 3. The van der Waals surface area contributed by atoms with Crippen LogP contribution in [0.2, 0.25) is 0 Å². The molecule has 2 aliphatic rings. The number of carbonyl (C=O) groups excluding carboxylic acids is 2. The number of hydrogen-bond acceptors (Lipinski definition) is 4. The zero-order valence-electron chi connectivity index (χ0n) is 10.1. The van der Waals surface area contributed by atoms with E-state index in [9.17, 15) is 9.59 Å². The normalized spacial score (nSPS) is 26.8. The lowest BCUT2D eigenvalue weighted by molar-refractivity contribution is -0.121. The number of carbonyl (C=O) groups is 2. The summed E-state index contributed by atoms with van der Waals surface area (Å²) in [6.45, 7) is 3.85. The van der Waals surface area contributed by atoms with Crippen LogP contribution >= 0.6 is 0 Å². The molecule has 0 radical (unpaired) electrons. The first kappa shape index (κ1) is 12.3. The van der Waals surface area contributed by atoms with Crippen molar-refractivity contribution in [3.05, 3.63) is 0 Å². The van der Waals surface area contributed by atoms with E-state index in [1.165, 1.54) is 12.8 Å². The second kappa shape index (κ2) is 5.01. The van der Waals surface area contributed by atoms with E-state index in [4.69, 9.17) is 5.73 Å². The van der Waals surface area contributed by atoms with Crippen molar-refractivity contribution in [1.29, 1.82) is 0 Å². The van der Waals surface area contributed by atoms with E-state index >= 15 is 0 Å². The van der Waals surface area contributed by atoms with E-state index in [-0.39, 0.29) is 11.9 Å². The van der Waals surface area contributed by atoms with E-state index in [0.717, 1.165) is 25.6 Å². The number of nitrogens with zero attached hydrogens (tertiary/aromatic N) is 1. The highest BCUT2D eigenvalue weighted by Gasteiger charge is 2.35.